The lowest BCUT2D eigenvalue weighted by Gasteiger charge is -2.28. The van der Waals surface area contributed by atoms with E-state index in [4.69, 9.17) is 4.74 Å². The molecule has 0 N–H and O–H groups in total. The molecule has 0 spiro atoms. The van der Waals surface area contributed by atoms with Crippen LogP contribution in [-0.2, 0) is 14.3 Å². The van der Waals surface area contributed by atoms with Crippen molar-refractivity contribution < 1.29 is 14.3 Å². The first-order valence-corrected chi connectivity index (χ1v) is 8.30. The van der Waals surface area contributed by atoms with E-state index >= 15 is 0 Å². The smallest absolute Gasteiger partial charge is 0.355 e. The number of carbonyl (C=O) groups is 2. The SMILES string of the molecule is CCOC(=O)C1=NN(c2ccccc2)C(=O)C[C@H]1c1cccc(C)c1. The lowest BCUT2D eigenvalue weighted by Crippen LogP contribution is -2.39. The van der Waals surface area contributed by atoms with Crippen molar-refractivity contribution in [3.8, 4) is 0 Å². The highest BCUT2D eigenvalue weighted by Crippen LogP contribution is 2.30. The Balaban J connectivity index is 2.04. The molecule has 25 heavy (non-hydrogen) atoms. The summed E-state index contributed by atoms with van der Waals surface area (Å²) >= 11 is 0. The van der Waals surface area contributed by atoms with E-state index in [2.05, 4.69) is 5.10 Å². The third-order valence-corrected chi connectivity index (χ3v) is 4.08. The Labute approximate surface area is 146 Å². The van der Waals surface area contributed by atoms with E-state index in [1.54, 1.807) is 19.1 Å². The van der Waals surface area contributed by atoms with Gasteiger partial charge in [-0.3, -0.25) is 4.79 Å². The van der Waals surface area contributed by atoms with Crippen LogP contribution in [0.4, 0.5) is 5.69 Å². The maximum atomic E-state index is 12.7. The fourth-order valence-electron chi connectivity index (χ4n) is 2.91. The molecule has 1 aliphatic rings. The van der Waals surface area contributed by atoms with Crippen LogP contribution in [0.3, 0.4) is 0 Å². The van der Waals surface area contributed by atoms with Gasteiger partial charge in [0.15, 0.2) is 5.71 Å². The molecule has 5 heteroatoms. The fourth-order valence-corrected chi connectivity index (χ4v) is 2.91. The van der Waals surface area contributed by atoms with E-state index in [0.29, 0.717) is 5.69 Å². The number of ether oxygens (including phenoxy) is 1. The van der Waals surface area contributed by atoms with Gasteiger partial charge in [0.2, 0.25) is 5.91 Å². The topological polar surface area (TPSA) is 59.0 Å². The van der Waals surface area contributed by atoms with Crippen LogP contribution in [0.15, 0.2) is 59.7 Å². The molecule has 2 aromatic carbocycles. The van der Waals surface area contributed by atoms with Gasteiger partial charge in [-0.15, -0.1) is 0 Å². The van der Waals surface area contributed by atoms with E-state index < -0.39 is 11.9 Å². The van der Waals surface area contributed by atoms with Crippen molar-refractivity contribution in [2.24, 2.45) is 5.10 Å². The fraction of sp³-hybridized carbons (Fsp3) is 0.250. The van der Waals surface area contributed by atoms with Crippen molar-refractivity contribution in [3.63, 3.8) is 0 Å². The number of amides is 1. The minimum atomic E-state index is -0.484. The Kier molecular flexibility index (Phi) is 4.93. The summed E-state index contributed by atoms with van der Waals surface area (Å²) in [5.41, 5.74) is 2.86. The van der Waals surface area contributed by atoms with Crippen molar-refractivity contribution in [1.82, 2.24) is 0 Å². The Bertz CT molecular complexity index is 815. The minimum absolute atomic E-state index is 0.147. The van der Waals surface area contributed by atoms with Crippen LogP contribution in [0.25, 0.3) is 0 Å². The minimum Gasteiger partial charge on any atom is -0.461 e. The number of para-hydroxylation sites is 1. The molecule has 0 saturated carbocycles. The number of aryl methyl sites for hydroxylation is 1. The van der Waals surface area contributed by atoms with Crippen molar-refractivity contribution in [2.75, 3.05) is 11.6 Å². The lowest BCUT2D eigenvalue weighted by molar-refractivity contribution is -0.135. The van der Waals surface area contributed by atoms with Crippen molar-refractivity contribution in [1.29, 1.82) is 0 Å². The van der Waals surface area contributed by atoms with Crippen LogP contribution in [0, 0.1) is 6.92 Å². The molecular weight excluding hydrogens is 316 g/mol. The zero-order valence-corrected chi connectivity index (χ0v) is 14.3. The van der Waals surface area contributed by atoms with Crippen LogP contribution >= 0.6 is 0 Å². The molecule has 0 bridgehead atoms. The molecule has 0 unspecified atom stereocenters. The molecule has 0 aromatic heterocycles. The molecular formula is C20H20N2O3. The second-order valence-electron chi connectivity index (χ2n) is 5.92. The number of anilines is 1. The first-order chi connectivity index (χ1) is 12.1. The lowest BCUT2D eigenvalue weighted by atomic mass is 9.88. The van der Waals surface area contributed by atoms with Gasteiger partial charge in [-0.1, -0.05) is 48.0 Å². The highest BCUT2D eigenvalue weighted by molar-refractivity contribution is 6.40. The van der Waals surface area contributed by atoms with Crippen LogP contribution in [0.2, 0.25) is 0 Å². The number of esters is 1. The van der Waals surface area contributed by atoms with Gasteiger partial charge in [0, 0.05) is 12.3 Å². The Hall–Kier alpha value is -2.95. The summed E-state index contributed by atoms with van der Waals surface area (Å²) < 4.78 is 5.18. The second kappa shape index (κ2) is 7.30. The van der Waals surface area contributed by atoms with E-state index in [-0.39, 0.29) is 24.6 Å². The Morgan fingerprint density at radius 3 is 2.64 bits per heavy atom. The quantitative estimate of drug-likeness (QED) is 0.804. The number of hydrazone groups is 1. The Morgan fingerprint density at radius 1 is 1.20 bits per heavy atom. The number of carbonyl (C=O) groups excluding carboxylic acids is 2. The summed E-state index contributed by atoms with van der Waals surface area (Å²) in [6.07, 6.45) is 0.177. The van der Waals surface area contributed by atoms with E-state index in [0.717, 1.165) is 11.1 Å². The molecule has 2 aromatic rings. The van der Waals surface area contributed by atoms with Crippen molar-refractivity contribution >= 4 is 23.3 Å². The van der Waals surface area contributed by atoms with Gasteiger partial charge in [-0.05, 0) is 31.5 Å². The maximum absolute atomic E-state index is 12.7. The summed E-state index contributed by atoms with van der Waals surface area (Å²) in [4.78, 5) is 25.1. The second-order valence-corrected chi connectivity index (χ2v) is 5.92. The van der Waals surface area contributed by atoms with Gasteiger partial charge in [-0.25, -0.2) is 9.80 Å². The van der Waals surface area contributed by atoms with Gasteiger partial charge < -0.3 is 4.74 Å². The predicted molar refractivity (Wildman–Crippen MR) is 96.5 cm³/mol. The molecule has 0 fully saturated rings. The van der Waals surface area contributed by atoms with E-state index in [1.165, 1.54) is 5.01 Å². The van der Waals surface area contributed by atoms with E-state index in [9.17, 15) is 9.59 Å². The maximum Gasteiger partial charge on any atom is 0.355 e. The number of nitrogens with zero attached hydrogens (tertiary/aromatic N) is 2. The van der Waals surface area contributed by atoms with Crippen LogP contribution in [0.5, 0.6) is 0 Å². The van der Waals surface area contributed by atoms with Crippen molar-refractivity contribution in [3.05, 3.63) is 65.7 Å². The molecule has 1 amide bonds. The van der Waals surface area contributed by atoms with Gasteiger partial charge in [0.1, 0.15) is 0 Å². The number of hydrogen-bond acceptors (Lipinski definition) is 4. The Morgan fingerprint density at radius 2 is 1.96 bits per heavy atom. The number of benzene rings is 2. The first kappa shape index (κ1) is 16.9. The normalized spacial score (nSPS) is 17.2. The van der Waals surface area contributed by atoms with E-state index in [1.807, 2.05) is 49.4 Å². The molecule has 5 nitrogen and oxygen atoms in total. The first-order valence-electron chi connectivity index (χ1n) is 8.30. The molecule has 3 rings (SSSR count). The average molecular weight is 336 g/mol. The molecule has 1 atom stereocenters. The zero-order chi connectivity index (χ0) is 17.8. The molecule has 128 valence electrons. The monoisotopic (exact) mass is 336 g/mol. The van der Waals surface area contributed by atoms with Crippen LogP contribution in [-0.4, -0.2) is 24.2 Å². The van der Waals surface area contributed by atoms with Crippen molar-refractivity contribution in [2.45, 2.75) is 26.2 Å². The highest BCUT2D eigenvalue weighted by Gasteiger charge is 2.35. The summed E-state index contributed by atoms with van der Waals surface area (Å²) in [6.45, 7) is 3.99. The molecule has 0 aliphatic carbocycles. The number of hydrogen-bond donors (Lipinski definition) is 0. The number of rotatable bonds is 4. The third-order valence-electron chi connectivity index (χ3n) is 4.08. The average Bonchev–Trinajstić information content (AvgIpc) is 2.62. The van der Waals surface area contributed by atoms with Gasteiger partial charge in [0.05, 0.1) is 12.3 Å². The van der Waals surface area contributed by atoms with Crippen LogP contribution in [0.1, 0.15) is 30.4 Å². The third kappa shape index (κ3) is 3.60. The van der Waals surface area contributed by atoms with Crippen LogP contribution < -0.4 is 5.01 Å². The molecule has 1 heterocycles. The molecule has 0 radical (unpaired) electrons. The highest BCUT2D eigenvalue weighted by atomic mass is 16.5. The summed E-state index contributed by atoms with van der Waals surface area (Å²) in [6, 6.07) is 16.9. The summed E-state index contributed by atoms with van der Waals surface area (Å²) in [7, 11) is 0. The summed E-state index contributed by atoms with van der Waals surface area (Å²) in [5.74, 6) is -1.03. The largest absolute Gasteiger partial charge is 0.461 e. The van der Waals surface area contributed by atoms with Gasteiger partial charge >= 0.3 is 5.97 Å². The molecule has 1 aliphatic heterocycles. The summed E-state index contributed by atoms with van der Waals surface area (Å²) in [5, 5.41) is 5.66. The molecule has 0 saturated heterocycles. The van der Waals surface area contributed by atoms with Gasteiger partial charge in [0.25, 0.3) is 0 Å². The zero-order valence-electron chi connectivity index (χ0n) is 14.3. The predicted octanol–water partition coefficient (Wildman–Crippen LogP) is 3.43. The van der Waals surface area contributed by atoms with Gasteiger partial charge in [-0.2, -0.15) is 5.10 Å². The standard InChI is InChI=1S/C20H20N2O3/c1-3-25-20(24)19-17(15-9-7-8-14(2)12-15)13-18(23)22(21-19)16-10-5-4-6-11-16/h4-12,17H,3,13H2,1-2H3/t17-/m0/s1.